The van der Waals surface area contributed by atoms with E-state index in [0.717, 1.165) is 15.4 Å². The van der Waals surface area contributed by atoms with Gasteiger partial charge in [-0.15, -0.1) is 0 Å². The van der Waals surface area contributed by atoms with Gasteiger partial charge in [0.15, 0.2) is 0 Å². The Morgan fingerprint density at radius 2 is 1.45 bits per heavy atom. The SMILES string of the molecule is CN1C(=O)C=C(Cc2ccc(N3C(=O)C=CC3=O)cc2)C1=O. The zero-order chi connectivity index (χ0) is 15.9. The van der Waals surface area contributed by atoms with Gasteiger partial charge < -0.3 is 0 Å². The molecule has 2 aliphatic heterocycles. The van der Waals surface area contributed by atoms with Crippen LogP contribution in [-0.4, -0.2) is 35.6 Å². The second kappa shape index (κ2) is 5.07. The number of anilines is 1. The van der Waals surface area contributed by atoms with Gasteiger partial charge in [0.25, 0.3) is 23.6 Å². The highest BCUT2D eigenvalue weighted by atomic mass is 16.2. The van der Waals surface area contributed by atoms with Gasteiger partial charge >= 0.3 is 0 Å². The predicted octanol–water partition coefficient (Wildman–Crippen LogP) is 0.583. The largest absolute Gasteiger partial charge is 0.278 e. The molecule has 1 aromatic carbocycles. The average molecular weight is 296 g/mol. The van der Waals surface area contributed by atoms with Crippen LogP contribution in [0.4, 0.5) is 5.69 Å². The lowest BCUT2D eigenvalue weighted by molar-refractivity contribution is -0.135. The monoisotopic (exact) mass is 296 g/mol. The molecule has 0 aliphatic carbocycles. The van der Waals surface area contributed by atoms with Gasteiger partial charge in [-0.2, -0.15) is 0 Å². The first-order valence-corrected chi connectivity index (χ1v) is 6.65. The van der Waals surface area contributed by atoms with E-state index in [2.05, 4.69) is 0 Å². The summed E-state index contributed by atoms with van der Waals surface area (Å²) in [6.45, 7) is 0. The van der Waals surface area contributed by atoms with Gasteiger partial charge in [-0.05, 0) is 17.7 Å². The zero-order valence-corrected chi connectivity index (χ0v) is 11.8. The summed E-state index contributed by atoms with van der Waals surface area (Å²) in [5, 5.41) is 0. The van der Waals surface area contributed by atoms with E-state index in [1.807, 2.05) is 0 Å². The average Bonchev–Trinajstić information content (AvgIpc) is 2.95. The minimum absolute atomic E-state index is 0.303. The van der Waals surface area contributed by atoms with Gasteiger partial charge in [0, 0.05) is 37.3 Å². The van der Waals surface area contributed by atoms with Crippen molar-refractivity contribution in [3.8, 4) is 0 Å². The van der Waals surface area contributed by atoms with Crippen LogP contribution in [0.2, 0.25) is 0 Å². The van der Waals surface area contributed by atoms with Gasteiger partial charge in [0.05, 0.1) is 5.69 Å². The minimum Gasteiger partial charge on any atom is -0.278 e. The lowest BCUT2D eigenvalue weighted by atomic mass is 10.0. The number of carbonyl (C=O) groups excluding carboxylic acids is 4. The van der Waals surface area contributed by atoms with Crippen LogP contribution in [-0.2, 0) is 25.6 Å². The molecule has 6 heteroatoms. The molecule has 22 heavy (non-hydrogen) atoms. The van der Waals surface area contributed by atoms with Crippen LogP contribution in [0.25, 0.3) is 0 Å². The first-order valence-electron chi connectivity index (χ1n) is 6.65. The van der Waals surface area contributed by atoms with Gasteiger partial charge in [-0.3, -0.25) is 24.1 Å². The fourth-order valence-corrected chi connectivity index (χ4v) is 2.39. The molecule has 3 rings (SSSR count). The summed E-state index contributed by atoms with van der Waals surface area (Å²) in [5.41, 5.74) is 1.72. The normalized spacial score (nSPS) is 17.8. The Balaban J connectivity index is 1.77. The van der Waals surface area contributed by atoms with Crippen molar-refractivity contribution in [3.05, 3.63) is 53.6 Å². The molecule has 0 saturated heterocycles. The van der Waals surface area contributed by atoms with E-state index in [0.29, 0.717) is 17.7 Å². The van der Waals surface area contributed by atoms with E-state index in [1.54, 1.807) is 24.3 Å². The van der Waals surface area contributed by atoms with Gasteiger partial charge in [-0.25, -0.2) is 4.90 Å². The molecule has 110 valence electrons. The van der Waals surface area contributed by atoms with Crippen molar-refractivity contribution in [2.75, 3.05) is 11.9 Å². The summed E-state index contributed by atoms with van der Waals surface area (Å²) in [6, 6.07) is 6.74. The molecule has 0 aromatic heterocycles. The number of nitrogens with zero attached hydrogens (tertiary/aromatic N) is 2. The summed E-state index contributed by atoms with van der Waals surface area (Å²) in [6.07, 6.45) is 4.10. The molecule has 2 heterocycles. The molecule has 6 nitrogen and oxygen atoms in total. The summed E-state index contributed by atoms with van der Waals surface area (Å²) in [4.78, 5) is 48.5. The lowest BCUT2D eigenvalue weighted by Gasteiger charge is -2.14. The van der Waals surface area contributed by atoms with Crippen molar-refractivity contribution in [3.63, 3.8) is 0 Å². The summed E-state index contributed by atoms with van der Waals surface area (Å²) in [7, 11) is 1.44. The number of hydrogen-bond donors (Lipinski definition) is 0. The van der Waals surface area contributed by atoms with Crippen LogP contribution in [0.3, 0.4) is 0 Å². The molecule has 0 bridgehead atoms. The van der Waals surface area contributed by atoms with E-state index < -0.39 is 0 Å². The third kappa shape index (κ3) is 2.24. The van der Waals surface area contributed by atoms with E-state index in [-0.39, 0.29) is 23.6 Å². The molecule has 0 spiro atoms. The van der Waals surface area contributed by atoms with Gasteiger partial charge in [0.2, 0.25) is 0 Å². The quantitative estimate of drug-likeness (QED) is 0.765. The summed E-state index contributed by atoms with van der Waals surface area (Å²) in [5.74, 6) is -1.38. The Labute approximate surface area is 126 Å². The molecule has 0 unspecified atom stereocenters. The molecular weight excluding hydrogens is 284 g/mol. The first kappa shape index (κ1) is 13.9. The van der Waals surface area contributed by atoms with Gasteiger partial charge in [0.1, 0.15) is 0 Å². The number of rotatable bonds is 3. The topological polar surface area (TPSA) is 74.8 Å². The molecular formula is C16H12N2O4. The van der Waals surface area contributed by atoms with Gasteiger partial charge in [-0.1, -0.05) is 12.1 Å². The number of imide groups is 2. The Kier molecular flexibility index (Phi) is 3.21. The van der Waals surface area contributed by atoms with E-state index in [4.69, 9.17) is 0 Å². The Morgan fingerprint density at radius 3 is 1.95 bits per heavy atom. The predicted molar refractivity (Wildman–Crippen MR) is 77.6 cm³/mol. The molecule has 0 radical (unpaired) electrons. The van der Waals surface area contributed by atoms with Crippen LogP contribution < -0.4 is 4.90 Å². The molecule has 0 fully saturated rings. The van der Waals surface area contributed by atoms with Crippen molar-refractivity contribution >= 4 is 29.3 Å². The molecule has 2 aliphatic rings. The molecule has 0 N–H and O–H groups in total. The van der Waals surface area contributed by atoms with Crippen molar-refractivity contribution in [2.45, 2.75) is 6.42 Å². The summed E-state index contributed by atoms with van der Waals surface area (Å²) < 4.78 is 0. The van der Waals surface area contributed by atoms with E-state index in [9.17, 15) is 19.2 Å². The Hall–Kier alpha value is -3.02. The second-order valence-electron chi connectivity index (χ2n) is 5.06. The van der Waals surface area contributed by atoms with Crippen molar-refractivity contribution in [1.82, 2.24) is 4.90 Å². The minimum atomic E-state index is -0.376. The molecule has 0 atom stereocenters. The number of amides is 4. The van der Waals surface area contributed by atoms with E-state index >= 15 is 0 Å². The molecule has 1 aromatic rings. The number of hydrogen-bond acceptors (Lipinski definition) is 4. The smallest absolute Gasteiger partial charge is 0.258 e. The maximum absolute atomic E-state index is 11.8. The van der Waals surface area contributed by atoms with Crippen LogP contribution in [0.15, 0.2) is 48.1 Å². The number of likely N-dealkylation sites (N-methyl/N-ethyl adjacent to an activating group) is 1. The number of benzene rings is 1. The first-order chi connectivity index (χ1) is 10.5. The highest BCUT2D eigenvalue weighted by molar-refractivity contribution is 6.28. The zero-order valence-electron chi connectivity index (χ0n) is 11.8. The van der Waals surface area contributed by atoms with Crippen LogP contribution in [0.1, 0.15) is 5.56 Å². The Morgan fingerprint density at radius 1 is 0.864 bits per heavy atom. The summed E-state index contributed by atoms with van der Waals surface area (Å²) >= 11 is 0. The fourth-order valence-electron chi connectivity index (χ4n) is 2.39. The third-order valence-corrected chi connectivity index (χ3v) is 3.61. The van der Waals surface area contributed by atoms with Crippen molar-refractivity contribution in [1.29, 1.82) is 0 Å². The lowest BCUT2D eigenvalue weighted by Crippen LogP contribution is -2.29. The molecule has 4 amide bonds. The third-order valence-electron chi connectivity index (χ3n) is 3.61. The molecule has 0 saturated carbocycles. The van der Waals surface area contributed by atoms with Crippen LogP contribution in [0.5, 0.6) is 0 Å². The van der Waals surface area contributed by atoms with Crippen LogP contribution in [0, 0.1) is 0 Å². The van der Waals surface area contributed by atoms with Crippen molar-refractivity contribution < 1.29 is 19.2 Å². The van der Waals surface area contributed by atoms with E-state index in [1.165, 1.54) is 25.3 Å². The fraction of sp³-hybridized carbons (Fsp3) is 0.125. The maximum atomic E-state index is 11.8. The number of carbonyl (C=O) groups is 4. The second-order valence-corrected chi connectivity index (χ2v) is 5.06. The highest BCUT2D eigenvalue weighted by Gasteiger charge is 2.28. The standard InChI is InChI=1S/C16H12N2O4/c1-17-15(21)9-11(16(17)22)8-10-2-4-12(5-3-10)18-13(19)6-7-14(18)20/h2-7,9H,8H2,1H3. The van der Waals surface area contributed by atoms with Crippen LogP contribution >= 0.6 is 0 Å². The van der Waals surface area contributed by atoms with Crippen molar-refractivity contribution in [2.24, 2.45) is 0 Å². The highest BCUT2D eigenvalue weighted by Crippen LogP contribution is 2.22. The Bertz CT molecular complexity index is 741. The maximum Gasteiger partial charge on any atom is 0.258 e.